The fourth-order valence-electron chi connectivity index (χ4n) is 2.77. The van der Waals surface area contributed by atoms with Gasteiger partial charge in [-0.3, -0.25) is 0 Å². The second-order valence-corrected chi connectivity index (χ2v) is 5.17. The number of rotatable bonds is 3. The molecule has 0 saturated carbocycles. The fraction of sp³-hybridized carbons (Fsp3) is 0.167. The second kappa shape index (κ2) is 5.76. The highest BCUT2D eigenvalue weighted by Crippen LogP contribution is 2.40. The van der Waals surface area contributed by atoms with Crippen LogP contribution in [0.1, 0.15) is 5.69 Å². The molecule has 0 amide bonds. The van der Waals surface area contributed by atoms with Crippen LogP contribution in [0, 0.1) is 17.9 Å². The molecule has 2 aromatic carbocycles. The smallest absolute Gasteiger partial charge is 0.238 e. The van der Waals surface area contributed by atoms with E-state index in [0.29, 0.717) is 22.6 Å². The standard InChI is InChI=1S/C18H16FNO3/c1-11-10-12-8-9-15(22-2)18(23-3)16(12)17(20(11)21)13-6-4-5-7-14(13)19/h4-10H,1-3H3. The largest absolute Gasteiger partial charge is 0.618 e. The Kier molecular flexibility index (Phi) is 3.78. The van der Waals surface area contributed by atoms with Crippen molar-refractivity contribution in [2.45, 2.75) is 6.92 Å². The molecule has 0 aliphatic heterocycles. The summed E-state index contributed by atoms with van der Waals surface area (Å²) in [5, 5.41) is 14.0. The second-order valence-electron chi connectivity index (χ2n) is 5.17. The molecule has 0 fully saturated rings. The van der Waals surface area contributed by atoms with E-state index in [-0.39, 0.29) is 11.3 Å². The number of hydrogen-bond donors (Lipinski definition) is 0. The Morgan fingerprint density at radius 3 is 2.43 bits per heavy atom. The zero-order chi connectivity index (χ0) is 16.6. The van der Waals surface area contributed by atoms with Crippen molar-refractivity contribution in [1.82, 2.24) is 0 Å². The summed E-state index contributed by atoms with van der Waals surface area (Å²) in [6.45, 7) is 1.69. The summed E-state index contributed by atoms with van der Waals surface area (Å²) in [6.07, 6.45) is 0. The molecule has 3 aromatic rings. The topological polar surface area (TPSA) is 45.4 Å². The van der Waals surface area contributed by atoms with Gasteiger partial charge in [0.05, 0.1) is 19.8 Å². The SMILES string of the molecule is COc1ccc2cc(C)[n+]([O-])c(-c3ccccc3F)c2c1OC. The van der Waals surface area contributed by atoms with Crippen LogP contribution in [-0.4, -0.2) is 14.2 Å². The number of methoxy groups -OCH3 is 2. The lowest BCUT2D eigenvalue weighted by Gasteiger charge is -2.15. The Labute approximate surface area is 133 Å². The predicted octanol–water partition coefficient (Wildman–Crippen LogP) is 3.60. The minimum absolute atomic E-state index is 0.217. The average molecular weight is 313 g/mol. The molecule has 0 aliphatic rings. The first kappa shape index (κ1) is 15.1. The highest BCUT2D eigenvalue weighted by atomic mass is 19.1. The lowest BCUT2D eigenvalue weighted by atomic mass is 10.0. The fourth-order valence-corrected chi connectivity index (χ4v) is 2.77. The van der Waals surface area contributed by atoms with Crippen molar-refractivity contribution in [3.05, 3.63) is 59.2 Å². The molecule has 1 heterocycles. The van der Waals surface area contributed by atoms with Crippen LogP contribution in [-0.2, 0) is 0 Å². The number of pyridine rings is 1. The van der Waals surface area contributed by atoms with Crippen molar-refractivity contribution in [3.8, 4) is 22.8 Å². The molecule has 3 rings (SSSR count). The van der Waals surface area contributed by atoms with Gasteiger partial charge in [0.25, 0.3) is 0 Å². The number of hydrogen-bond acceptors (Lipinski definition) is 3. The molecule has 23 heavy (non-hydrogen) atoms. The highest BCUT2D eigenvalue weighted by molar-refractivity contribution is 5.99. The van der Waals surface area contributed by atoms with Crippen molar-refractivity contribution in [3.63, 3.8) is 0 Å². The Morgan fingerprint density at radius 2 is 1.78 bits per heavy atom. The number of nitrogens with zero attached hydrogens (tertiary/aromatic N) is 1. The van der Waals surface area contributed by atoms with Crippen LogP contribution in [0.3, 0.4) is 0 Å². The van der Waals surface area contributed by atoms with Crippen molar-refractivity contribution < 1.29 is 18.6 Å². The van der Waals surface area contributed by atoms with E-state index in [1.165, 1.54) is 20.3 Å². The third-order valence-corrected chi connectivity index (χ3v) is 3.83. The maximum Gasteiger partial charge on any atom is 0.238 e. The van der Waals surface area contributed by atoms with Crippen molar-refractivity contribution >= 4 is 10.8 Å². The number of fused-ring (bicyclic) bond motifs is 1. The van der Waals surface area contributed by atoms with Crippen LogP contribution in [0.4, 0.5) is 4.39 Å². The van der Waals surface area contributed by atoms with Crippen LogP contribution >= 0.6 is 0 Å². The minimum Gasteiger partial charge on any atom is -0.618 e. The van der Waals surface area contributed by atoms with Gasteiger partial charge in [-0.1, -0.05) is 12.1 Å². The van der Waals surface area contributed by atoms with Gasteiger partial charge in [0.1, 0.15) is 11.2 Å². The average Bonchev–Trinajstić information content (AvgIpc) is 2.56. The van der Waals surface area contributed by atoms with Crippen LogP contribution in [0.15, 0.2) is 42.5 Å². The lowest BCUT2D eigenvalue weighted by molar-refractivity contribution is -0.599. The summed E-state index contributed by atoms with van der Waals surface area (Å²) in [5.41, 5.74) is 0.916. The number of ether oxygens (including phenoxy) is 2. The number of benzene rings is 2. The van der Waals surface area contributed by atoms with E-state index in [9.17, 15) is 9.60 Å². The Hall–Kier alpha value is -2.82. The van der Waals surface area contributed by atoms with Crippen LogP contribution in [0.5, 0.6) is 11.5 Å². The molecule has 118 valence electrons. The van der Waals surface area contributed by atoms with E-state index in [1.54, 1.807) is 37.3 Å². The minimum atomic E-state index is -0.464. The molecule has 0 N–H and O–H groups in total. The van der Waals surface area contributed by atoms with Gasteiger partial charge in [0.2, 0.25) is 5.69 Å². The molecule has 0 atom stereocenters. The van der Waals surface area contributed by atoms with Gasteiger partial charge in [-0.05, 0) is 29.7 Å². The number of aryl methyl sites for hydroxylation is 1. The van der Waals surface area contributed by atoms with E-state index in [0.717, 1.165) is 10.1 Å². The third-order valence-electron chi connectivity index (χ3n) is 3.83. The molecular formula is C18H16FNO3. The molecule has 0 spiro atoms. The zero-order valence-electron chi connectivity index (χ0n) is 13.1. The summed E-state index contributed by atoms with van der Waals surface area (Å²) in [5.74, 6) is 0.433. The van der Waals surface area contributed by atoms with Crippen LogP contribution in [0.25, 0.3) is 22.0 Å². The van der Waals surface area contributed by atoms with Gasteiger partial charge in [-0.25, -0.2) is 4.39 Å². The van der Waals surface area contributed by atoms with Gasteiger partial charge < -0.3 is 14.7 Å². The number of halogens is 1. The molecule has 0 unspecified atom stereocenters. The first-order chi connectivity index (χ1) is 11.1. The molecule has 0 radical (unpaired) electrons. The highest BCUT2D eigenvalue weighted by Gasteiger charge is 2.24. The molecule has 1 aromatic heterocycles. The molecule has 0 aliphatic carbocycles. The summed E-state index contributed by atoms with van der Waals surface area (Å²) in [4.78, 5) is 0. The Morgan fingerprint density at radius 1 is 1.04 bits per heavy atom. The van der Waals surface area contributed by atoms with E-state index >= 15 is 0 Å². The molecule has 5 heteroatoms. The predicted molar refractivity (Wildman–Crippen MR) is 86.1 cm³/mol. The summed E-state index contributed by atoms with van der Waals surface area (Å²) >= 11 is 0. The van der Waals surface area contributed by atoms with Crippen molar-refractivity contribution in [2.75, 3.05) is 14.2 Å². The van der Waals surface area contributed by atoms with Gasteiger partial charge in [-0.2, -0.15) is 4.73 Å². The van der Waals surface area contributed by atoms with Gasteiger partial charge >= 0.3 is 0 Å². The van der Waals surface area contributed by atoms with Crippen LogP contribution < -0.4 is 14.2 Å². The Balaban J connectivity index is 2.53. The van der Waals surface area contributed by atoms with E-state index < -0.39 is 5.82 Å². The number of aromatic nitrogens is 1. The van der Waals surface area contributed by atoms with Crippen molar-refractivity contribution in [1.29, 1.82) is 0 Å². The van der Waals surface area contributed by atoms with E-state index in [2.05, 4.69) is 0 Å². The summed E-state index contributed by atoms with van der Waals surface area (Å²) < 4.78 is 25.8. The first-order valence-corrected chi connectivity index (χ1v) is 7.11. The van der Waals surface area contributed by atoms with Gasteiger partial charge in [-0.15, -0.1) is 0 Å². The quantitative estimate of drug-likeness (QED) is 0.548. The molecule has 0 saturated heterocycles. The third kappa shape index (κ3) is 2.34. The zero-order valence-corrected chi connectivity index (χ0v) is 13.1. The first-order valence-electron chi connectivity index (χ1n) is 7.11. The van der Waals surface area contributed by atoms with Crippen LogP contribution in [0.2, 0.25) is 0 Å². The van der Waals surface area contributed by atoms with E-state index in [1.807, 2.05) is 6.07 Å². The summed E-state index contributed by atoms with van der Waals surface area (Å²) in [6, 6.07) is 11.5. The lowest BCUT2D eigenvalue weighted by Crippen LogP contribution is -2.33. The van der Waals surface area contributed by atoms with Crippen molar-refractivity contribution in [2.24, 2.45) is 0 Å². The van der Waals surface area contributed by atoms with Gasteiger partial charge in [0, 0.05) is 13.0 Å². The maximum atomic E-state index is 14.3. The summed E-state index contributed by atoms with van der Waals surface area (Å²) in [7, 11) is 3.02. The van der Waals surface area contributed by atoms with Gasteiger partial charge in [0.15, 0.2) is 17.2 Å². The normalized spacial score (nSPS) is 10.8. The maximum absolute atomic E-state index is 14.3. The molecule has 0 bridgehead atoms. The monoisotopic (exact) mass is 313 g/mol. The van der Waals surface area contributed by atoms with E-state index in [4.69, 9.17) is 9.47 Å². The Bertz CT molecular complexity index is 893. The molecular weight excluding hydrogens is 297 g/mol. The molecule has 4 nitrogen and oxygen atoms in total.